The molecule has 0 radical (unpaired) electrons. The summed E-state index contributed by atoms with van der Waals surface area (Å²) in [6.45, 7) is 6.00. The maximum absolute atomic E-state index is 9.66. The number of phenols is 1. The zero-order valence-electron chi connectivity index (χ0n) is 9.28. The highest BCUT2D eigenvalue weighted by molar-refractivity contribution is 5.34. The molecular formula is C14H20O. The second-order valence-corrected chi connectivity index (χ2v) is 3.89. The topological polar surface area (TPSA) is 20.2 Å². The molecule has 1 heteroatoms. The van der Waals surface area contributed by atoms with Crippen molar-refractivity contribution in [3.63, 3.8) is 0 Å². The SMILES string of the molecule is C=C.Oc1ccccc1C1CCCCC1. The molecule has 0 aromatic heterocycles. The van der Waals surface area contributed by atoms with E-state index in [1.165, 1.54) is 32.1 Å². The number of hydrogen-bond acceptors (Lipinski definition) is 1. The van der Waals surface area contributed by atoms with Gasteiger partial charge in [0, 0.05) is 0 Å². The van der Waals surface area contributed by atoms with Crippen LogP contribution < -0.4 is 0 Å². The van der Waals surface area contributed by atoms with E-state index in [4.69, 9.17) is 0 Å². The molecule has 0 amide bonds. The minimum Gasteiger partial charge on any atom is -0.508 e. The Morgan fingerprint density at radius 3 is 2.20 bits per heavy atom. The minimum atomic E-state index is 0.481. The van der Waals surface area contributed by atoms with Gasteiger partial charge >= 0.3 is 0 Å². The monoisotopic (exact) mass is 204 g/mol. The Labute approximate surface area is 92.5 Å². The number of benzene rings is 1. The fraction of sp³-hybridized carbons (Fsp3) is 0.429. The molecule has 1 aromatic rings. The molecule has 0 bridgehead atoms. The summed E-state index contributed by atoms with van der Waals surface area (Å²) in [5.41, 5.74) is 1.15. The first kappa shape index (κ1) is 11.8. The highest BCUT2D eigenvalue weighted by Crippen LogP contribution is 2.36. The lowest BCUT2D eigenvalue weighted by Gasteiger charge is -2.22. The summed E-state index contributed by atoms with van der Waals surface area (Å²) in [5, 5.41) is 9.66. The first-order chi connectivity index (χ1) is 7.38. The van der Waals surface area contributed by atoms with Crippen LogP contribution in [-0.4, -0.2) is 5.11 Å². The van der Waals surface area contributed by atoms with Crippen LogP contribution in [0, 0.1) is 0 Å². The normalized spacial score (nSPS) is 16.5. The molecule has 0 saturated heterocycles. The summed E-state index contributed by atoms with van der Waals surface area (Å²) in [7, 11) is 0. The third-order valence-corrected chi connectivity index (χ3v) is 2.98. The lowest BCUT2D eigenvalue weighted by molar-refractivity contribution is 0.414. The fourth-order valence-corrected chi connectivity index (χ4v) is 2.25. The van der Waals surface area contributed by atoms with Gasteiger partial charge in [0.05, 0.1) is 0 Å². The van der Waals surface area contributed by atoms with Crippen LogP contribution in [0.4, 0.5) is 0 Å². The Balaban J connectivity index is 0.000000531. The van der Waals surface area contributed by atoms with Gasteiger partial charge in [-0.1, -0.05) is 37.5 Å². The lowest BCUT2D eigenvalue weighted by Crippen LogP contribution is -2.04. The average Bonchev–Trinajstić information content (AvgIpc) is 2.33. The van der Waals surface area contributed by atoms with Crippen molar-refractivity contribution in [2.24, 2.45) is 0 Å². The van der Waals surface area contributed by atoms with E-state index in [1.807, 2.05) is 12.1 Å². The van der Waals surface area contributed by atoms with E-state index in [-0.39, 0.29) is 0 Å². The van der Waals surface area contributed by atoms with Crippen LogP contribution in [0.25, 0.3) is 0 Å². The summed E-state index contributed by atoms with van der Waals surface area (Å²) >= 11 is 0. The van der Waals surface area contributed by atoms with Crippen LogP contribution in [0.2, 0.25) is 0 Å². The second-order valence-electron chi connectivity index (χ2n) is 3.89. The van der Waals surface area contributed by atoms with Gasteiger partial charge in [-0.3, -0.25) is 0 Å². The Kier molecular flexibility index (Phi) is 4.96. The van der Waals surface area contributed by atoms with E-state index >= 15 is 0 Å². The molecule has 1 aliphatic carbocycles. The summed E-state index contributed by atoms with van der Waals surface area (Å²) in [5.74, 6) is 1.09. The van der Waals surface area contributed by atoms with Gasteiger partial charge in [0.25, 0.3) is 0 Å². The molecule has 0 unspecified atom stereocenters. The highest BCUT2D eigenvalue weighted by Gasteiger charge is 2.17. The molecule has 0 aliphatic heterocycles. The van der Waals surface area contributed by atoms with Gasteiger partial charge in [0.1, 0.15) is 5.75 Å². The molecule has 1 aromatic carbocycles. The molecule has 0 spiro atoms. The van der Waals surface area contributed by atoms with E-state index in [0.29, 0.717) is 11.7 Å². The predicted molar refractivity (Wildman–Crippen MR) is 65.2 cm³/mol. The Morgan fingerprint density at radius 2 is 1.60 bits per heavy atom. The number of hydrogen-bond donors (Lipinski definition) is 1. The Morgan fingerprint density at radius 1 is 1.00 bits per heavy atom. The molecule has 1 saturated carbocycles. The predicted octanol–water partition coefficient (Wildman–Crippen LogP) is 4.24. The van der Waals surface area contributed by atoms with Crippen molar-refractivity contribution >= 4 is 0 Å². The average molecular weight is 204 g/mol. The largest absolute Gasteiger partial charge is 0.508 e. The van der Waals surface area contributed by atoms with Crippen LogP contribution in [0.3, 0.4) is 0 Å². The van der Waals surface area contributed by atoms with Crippen molar-refractivity contribution in [2.75, 3.05) is 0 Å². The molecular weight excluding hydrogens is 184 g/mol. The van der Waals surface area contributed by atoms with Crippen molar-refractivity contribution in [3.8, 4) is 5.75 Å². The van der Waals surface area contributed by atoms with Gasteiger partial charge in [0.15, 0.2) is 0 Å². The van der Waals surface area contributed by atoms with Crippen molar-refractivity contribution in [1.82, 2.24) is 0 Å². The van der Waals surface area contributed by atoms with Crippen molar-refractivity contribution in [1.29, 1.82) is 0 Å². The van der Waals surface area contributed by atoms with Crippen molar-refractivity contribution in [2.45, 2.75) is 38.0 Å². The number of rotatable bonds is 1. The molecule has 0 atom stereocenters. The van der Waals surface area contributed by atoms with Crippen LogP contribution in [0.5, 0.6) is 5.75 Å². The summed E-state index contributed by atoms with van der Waals surface area (Å²) in [6.07, 6.45) is 6.50. The first-order valence-electron chi connectivity index (χ1n) is 5.66. The minimum absolute atomic E-state index is 0.481. The number of para-hydroxylation sites is 1. The quantitative estimate of drug-likeness (QED) is 0.678. The van der Waals surface area contributed by atoms with E-state index < -0.39 is 0 Å². The zero-order chi connectivity index (χ0) is 11.1. The smallest absolute Gasteiger partial charge is 0.119 e. The molecule has 2 rings (SSSR count). The Bertz CT molecular complexity index is 287. The maximum atomic E-state index is 9.66. The van der Waals surface area contributed by atoms with Crippen molar-refractivity contribution in [3.05, 3.63) is 43.0 Å². The molecule has 15 heavy (non-hydrogen) atoms. The lowest BCUT2D eigenvalue weighted by atomic mass is 9.84. The number of aromatic hydroxyl groups is 1. The van der Waals surface area contributed by atoms with Gasteiger partial charge in [-0.15, -0.1) is 13.2 Å². The first-order valence-corrected chi connectivity index (χ1v) is 5.66. The standard InChI is InChI=1S/C12H16O.C2H4/c13-12-9-5-4-8-11(12)10-6-2-1-3-7-10;1-2/h4-5,8-10,13H,1-3,6-7H2;1-2H2. The third kappa shape index (κ3) is 3.12. The molecule has 1 N–H and O–H groups in total. The van der Waals surface area contributed by atoms with Crippen LogP contribution >= 0.6 is 0 Å². The maximum Gasteiger partial charge on any atom is 0.119 e. The Hall–Kier alpha value is -1.24. The van der Waals surface area contributed by atoms with Gasteiger partial charge < -0.3 is 5.11 Å². The molecule has 82 valence electrons. The fourth-order valence-electron chi connectivity index (χ4n) is 2.25. The summed E-state index contributed by atoms with van der Waals surface area (Å²) in [4.78, 5) is 0. The van der Waals surface area contributed by atoms with E-state index in [0.717, 1.165) is 5.56 Å². The van der Waals surface area contributed by atoms with E-state index in [2.05, 4.69) is 19.2 Å². The summed E-state index contributed by atoms with van der Waals surface area (Å²) < 4.78 is 0. The molecule has 0 heterocycles. The van der Waals surface area contributed by atoms with Crippen LogP contribution in [-0.2, 0) is 0 Å². The van der Waals surface area contributed by atoms with Gasteiger partial charge in [-0.25, -0.2) is 0 Å². The van der Waals surface area contributed by atoms with Crippen LogP contribution in [0.15, 0.2) is 37.4 Å². The highest BCUT2D eigenvalue weighted by atomic mass is 16.3. The molecule has 1 nitrogen and oxygen atoms in total. The summed E-state index contributed by atoms with van der Waals surface area (Å²) in [6, 6.07) is 7.76. The van der Waals surface area contributed by atoms with Gasteiger partial charge in [0.2, 0.25) is 0 Å². The van der Waals surface area contributed by atoms with E-state index in [1.54, 1.807) is 6.07 Å². The van der Waals surface area contributed by atoms with Crippen LogP contribution in [0.1, 0.15) is 43.6 Å². The molecule has 1 fully saturated rings. The van der Waals surface area contributed by atoms with Crippen molar-refractivity contribution < 1.29 is 5.11 Å². The van der Waals surface area contributed by atoms with E-state index in [9.17, 15) is 5.11 Å². The number of phenolic OH excluding ortho intramolecular Hbond substituents is 1. The zero-order valence-corrected chi connectivity index (χ0v) is 9.28. The second kappa shape index (κ2) is 6.28. The third-order valence-electron chi connectivity index (χ3n) is 2.98. The van der Waals surface area contributed by atoms with Gasteiger partial charge in [-0.2, -0.15) is 0 Å². The molecule has 1 aliphatic rings. The van der Waals surface area contributed by atoms with Gasteiger partial charge in [-0.05, 0) is 30.4 Å².